The Morgan fingerprint density at radius 1 is 1.33 bits per heavy atom. The second kappa shape index (κ2) is 8.26. The van der Waals surface area contributed by atoms with E-state index in [9.17, 15) is 4.79 Å². The maximum Gasteiger partial charge on any atom is 0.322 e. The Balaban J connectivity index is 1.60. The van der Waals surface area contributed by atoms with Crippen molar-refractivity contribution >= 4 is 27.6 Å². The summed E-state index contributed by atoms with van der Waals surface area (Å²) in [4.78, 5) is 18.7. The highest BCUT2D eigenvalue weighted by molar-refractivity contribution is 9.10. The standard InChI is InChI=1S/C18H21BrN4O/c19-15-4-6-16(7-5-15)22-18(24)23-11-10-21-13-17(23)8-3-14-2-1-9-20-12-14/h1-2,4-7,9,12,17,21H,3,8,10-11,13H2,(H,22,24). The predicted octanol–water partition coefficient (Wildman–Crippen LogP) is 3.28. The van der Waals surface area contributed by atoms with Crippen molar-refractivity contribution in [2.24, 2.45) is 0 Å². The third-order valence-corrected chi connectivity index (χ3v) is 4.72. The molecule has 6 heteroatoms. The van der Waals surface area contributed by atoms with Crippen molar-refractivity contribution in [1.82, 2.24) is 15.2 Å². The maximum atomic E-state index is 12.6. The van der Waals surface area contributed by atoms with Crippen LogP contribution in [-0.4, -0.2) is 41.6 Å². The molecule has 0 radical (unpaired) electrons. The number of halogens is 1. The summed E-state index contributed by atoms with van der Waals surface area (Å²) in [5.41, 5.74) is 2.02. The highest BCUT2D eigenvalue weighted by atomic mass is 79.9. The van der Waals surface area contributed by atoms with Crippen LogP contribution in [0, 0.1) is 0 Å². The molecule has 1 aliphatic rings. The molecule has 0 aliphatic carbocycles. The van der Waals surface area contributed by atoms with Crippen LogP contribution in [0.25, 0.3) is 0 Å². The number of aromatic nitrogens is 1. The fourth-order valence-electron chi connectivity index (χ4n) is 2.89. The smallest absolute Gasteiger partial charge is 0.319 e. The van der Waals surface area contributed by atoms with E-state index in [1.165, 1.54) is 5.56 Å². The van der Waals surface area contributed by atoms with Crippen LogP contribution < -0.4 is 10.6 Å². The van der Waals surface area contributed by atoms with Crippen molar-refractivity contribution in [3.05, 3.63) is 58.8 Å². The molecule has 126 valence electrons. The van der Waals surface area contributed by atoms with Crippen LogP contribution in [0.3, 0.4) is 0 Å². The van der Waals surface area contributed by atoms with Gasteiger partial charge in [0.25, 0.3) is 0 Å². The van der Waals surface area contributed by atoms with Crippen molar-refractivity contribution in [3.63, 3.8) is 0 Å². The van der Waals surface area contributed by atoms with Gasteiger partial charge in [-0.15, -0.1) is 0 Å². The summed E-state index contributed by atoms with van der Waals surface area (Å²) in [5, 5.41) is 6.38. The Morgan fingerprint density at radius 3 is 2.92 bits per heavy atom. The zero-order valence-corrected chi connectivity index (χ0v) is 15.0. The molecule has 24 heavy (non-hydrogen) atoms. The molecule has 2 amide bonds. The van der Waals surface area contributed by atoms with E-state index >= 15 is 0 Å². The van der Waals surface area contributed by atoms with Crippen molar-refractivity contribution < 1.29 is 4.79 Å². The molecule has 1 atom stereocenters. The molecule has 5 nitrogen and oxygen atoms in total. The molecule has 1 fully saturated rings. The van der Waals surface area contributed by atoms with Gasteiger partial charge in [0, 0.05) is 48.2 Å². The molecule has 1 saturated heterocycles. The van der Waals surface area contributed by atoms with E-state index in [1.54, 1.807) is 6.20 Å². The van der Waals surface area contributed by atoms with E-state index in [1.807, 2.05) is 41.4 Å². The summed E-state index contributed by atoms with van der Waals surface area (Å²) in [6.07, 6.45) is 5.51. The largest absolute Gasteiger partial charge is 0.322 e. The second-order valence-corrected chi connectivity index (χ2v) is 6.80. The van der Waals surface area contributed by atoms with Gasteiger partial charge >= 0.3 is 6.03 Å². The summed E-state index contributed by atoms with van der Waals surface area (Å²) in [6.45, 7) is 2.38. The number of nitrogens with zero attached hydrogens (tertiary/aromatic N) is 2. The number of pyridine rings is 1. The molecule has 3 rings (SSSR count). The lowest BCUT2D eigenvalue weighted by Crippen LogP contribution is -2.55. The zero-order chi connectivity index (χ0) is 16.8. The van der Waals surface area contributed by atoms with Crippen LogP contribution in [0.1, 0.15) is 12.0 Å². The Morgan fingerprint density at radius 2 is 2.17 bits per heavy atom. The van der Waals surface area contributed by atoms with Crippen molar-refractivity contribution in [2.75, 3.05) is 25.0 Å². The van der Waals surface area contributed by atoms with Gasteiger partial charge in [0.15, 0.2) is 0 Å². The topological polar surface area (TPSA) is 57.3 Å². The molecule has 2 aromatic rings. The number of rotatable bonds is 4. The minimum atomic E-state index is -0.0324. The molecular formula is C18H21BrN4O. The average molecular weight is 389 g/mol. The lowest BCUT2D eigenvalue weighted by atomic mass is 10.0. The van der Waals surface area contributed by atoms with Gasteiger partial charge in [-0.3, -0.25) is 4.98 Å². The van der Waals surface area contributed by atoms with Gasteiger partial charge in [-0.2, -0.15) is 0 Å². The number of aryl methyl sites for hydroxylation is 1. The van der Waals surface area contributed by atoms with Gasteiger partial charge < -0.3 is 15.5 Å². The quantitative estimate of drug-likeness (QED) is 0.844. The van der Waals surface area contributed by atoms with E-state index in [-0.39, 0.29) is 12.1 Å². The van der Waals surface area contributed by atoms with Gasteiger partial charge in [-0.05, 0) is 48.7 Å². The minimum absolute atomic E-state index is 0.0324. The van der Waals surface area contributed by atoms with Gasteiger partial charge in [-0.25, -0.2) is 4.79 Å². The summed E-state index contributed by atoms with van der Waals surface area (Å²) in [6, 6.07) is 11.8. The summed E-state index contributed by atoms with van der Waals surface area (Å²) >= 11 is 3.40. The number of carbonyl (C=O) groups is 1. The van der Waals surface area contributed by atoms with Crippen molar-refractivity contribution in [3.8, 4) is 0 Å². The number of piperazine rings is 1. The number of benzene rings is 1. The Kier molecular flexibility index (Phi) is 5.82. The highest BCUT2D eigenvalue weighted by Gasteiger charge is 2.26. The van der Waals surface area contributed by atoms with Gasteiger partial charge in [-0.1, -0.05) is 22.0 Å². The monoisotopic (exact) mass is 388 g/mol. The molecule has 1 aliphatic heterocycles. The number of nitrogens with one attached hydrogen (secondary N) is 2. The summed E-state index contributed by atoms with van der Waals surface area (Å²) in [5.74, 6) is 0. The van der Waals surface area contributed by atoms with Crippen LogP contribution in [0.2, 0.25) is 0 Å². The number of urea groups is 1. The molecular weight excluding hydrogens is 368 g/mol. The van der Waals surface area contributed by atoms with E-state index in [2.05, 4.69) is 37.6 Å². The van der Waals surface area contributed by atoms with E-state index in [4.69, 9.17) is 0 Å². The lowest BCUT2D eigenvalue weighted by molar-refractivity contribution is 0.166. The normalized spacial score (nSPS) is 17.5. The van der Waals surface area contributed by atoms with Crippen LogP contribution in [0.15, 0.2) is 53.3 Å². The molecule has 1 aromatic carbocycles. The Hall–Kier alpha value is -1.92. The SMILES string of the molecule is O=C(Nc1ccc(Br)cc1)N1CCNCC1CCc1cccnc1. The first-order valence-corrected chi connectivity index (χ1v) is 8.94. The third-order valence-electron chi connectivity index (χ3n) is 4.20. The molecule has 2 heterocycles. The van der Waals surface area contributed by atoms with Gasteiger partial charge in [0.05, 0.1) is 0 Å². The minimum Gasteiger partial charge on any atom is -0.319 e. The first-order valence-electron chi connectivity index (χ1n) is 8.15. The lowest BCUT2D eigenvalue weighted by Gasteiger charge is -2.36. The van der Waals surface area contributed by atoms with Gasteiger partial charge in [0.2, 0.25) is 0 Å². The summed E-state index contributed by atoms with van der Waals surface area (Å²) < 4.78 is 0.997. The van der Waals surface area contributed by atoms with Crippen LogP contribution in [0.5, 0.6) is 0 Å². The number of anilines is 1. The van der Waals surface area contributed by atoms with Gasteiger partial charge in [0.1, 0.15) is 0 Å². The molecule has 0 saturated carbocycles. The first-order chi connectivity index (χ1) is 11.7. The molecule has 1 unspecified atom stereocenters. The first kappa shape index (κ1) is 16.9. The maximum absolute atomic E-state index is 12.6. The fourth-order valence-corrected chi connectivity index (χ4v) is 3.16. The number of hydrogen-bond acceptors (Lipinski definition) is 3. The van der Waals surface area contributed by atoms with Crippen LogP contribution >= 0.6 is 15.9 Å². The molecule has 1 aromatic heterocycles. The second-order valence-electron chi connectivity index (χ2n) is 5.89. The summed E-state index contributed by atoms with van der Waals surface area (Å²) in [7, 11) is 0. The molecule has 2 N–H and O–H groups in total. The van der Waals surface area contributed by atoms with E-state index in [0.717, 1.165) is 42.6 Å². The molecule has 0 spiro atoms. The number of carbonyl (C=O) groups excluding carboxylic acids is 1. The number of amides is 2. The fraction of sp³-hybridized carbons (Fsp3) is 0.333. The van der Waals surface area contributed by atoms with E-state index < -0.39 is 0 Å². The average Bonchev–Trinajstić information content (AvgIpc) is 2.63. The zero-order valence-electron chi connectivity index (χ0n) is 13.4. The van der Waals surface area contributed by atoms with Crippen molar-refractivity contribution in [2.45, 2.75) is 18.9 Å². The number of hydrogen-bond donors (Lipinski definition) is 2. The Labute approximate surface area is 150 Å². The van der Waals surface area contributed by atoms with E-state index in [0.29, 0.717) is 0 Å². The van der Waals surface area contributed by atoms with Crippen molar-refractivity contribution in [1.29, 1.82) is 0 Å². The Bertz CT molecular complexity index is 662. The molecule has 0 bridgehead atoms. The van der Waals surface area contributed by atoms with Crippen LogP contribution in [0.4, 0.5) is 10.5 Å². The third kappa shape index (κ3) is 4.55. The predicted molar refractivity (Wildman–Crippen MR) is 99.1 cm³/mol. The highest BCUT2D eigenvalue weighted by Crippen LogP contribution is 2.17. The van der Waals surface area contributed by atoms with Crippen LogP contribution in [-0.2, 0) is 6.42 Å².